The zero-order valence-corrected chi connectivity index (χ0v) is 10.2. The lowest BCUT2D eigenvalue weighted by atomic mass is 10.1. The van der Waals surface area contributed by atoms with Gasteiger partial charge in [0, 0.05) is 19.2 Å². The minimum Gasteiger partial charge on any atom is -0.339 e. The molecule has 1 unspecified atom stereocenters. The van der Waals surface area contributed by atoms with Crippen LogP contribution in [0.25, 0.3) is 6.08 Å². The van der Waals surface area contributed by atoms with E-state index in [0.29, 0.717) is 18.0 Å². The van der Waals surface area contributed by atoms with Crippen LogP contribution >= 0.6 is 0 Å². The SMILES string of the molecule is NCC1CCN(C(=O)C=Cc2cccc(F)c2)C1. The lowest BCUT2D eigenvalue weighted by molar-refractivity contribution is -0.125. The standard InChI is InChI=1S/C14H17FN2O/c15-13-3-1-2-11(8-13)4-5-14(18)17-7-6-12(9-16)10-17/h1-5,8,12H,6-7,9-10,16H2. The highest BCUT2D eigenvalue weighted by Crippen LogP contribution is 2.15. The molecule has 1 saturated heterocycles. The molecule has 0 bridgehead atoms. The molecule has 1 aliphatic rings. The fourth-order valence-electron chi connectivity index (χ4n) is 2.11. The summed E-state index contributed by atoms with van der Waals surface area (Å²) in [5.74, 6) is 0.0840. The fourth-order valence-corrected chi connectivity index (χ4v) is 2.11. The maximum absolute atomic E-state index is 12.9. The maximum atomic E-state index is 12.9. The smallest absolute Gasteiger partial charge is 0.246 e. The molecule has 1 aromatic rings. The molecule has 18 heavy (non-hydrogen) atoms. The Balaban J connectivity index is 1.95. The summed E-state index contributed by atoms with van der Waals surface area (Å²) >= 11 is 0. The van der Waals surface area contributed by atoms with Crippen molar-refractivity contribution in [2.24, 2.45) is 11.7 Å². The first kappa shape index (κ1) is 12.8. The third kappa shape index (κ3) is 3.17. The van der Waals surface area contributed by atoms with Crippen molar-refractivity contribution in [1.29, 1.82) is 0 Å². The van der Waals surface area contributed by atoms with Crippen LogP contribution in [0.3, 0.4) is 0 Å². The van der Waals surface area contributed by atoms with Crippen LogP contribution < -0.4 is 5.73 Å². The van der Waals surface area contributed by atoms with Gasteiger partial charge in [-0.2, -0.15) is 0 Å². The predicted molar refractivity (Wildman–Crippen MR) is 69.2 cm³/mol. The Hall–Kier alpha value is -1.68. The van der Waals surface area contributed by atoms with E-state index in [1.54, 1.807) is 23.1 Å². The molecule has 1 fully saturated rings. The zero-order valence-electron chi connectivity index (χ0n) is 10.2. The van der Waals surface area contributed by atoms with Crippen LogP contribution in [0, 0.1) is 11.7 Å². The number of amides is 1. The molecule has 2 rings (SSSR count). The van der Waals surface area contributed by atoms with E-state index in [9.17, 15) is 9.18 Å². The Bertz CT molecular complexity index is 459. The van der Waals surface area contributed by atoms with Crippen molar-refractivity contribution in [2.45, 2.75) is 6.42 Å². The molecule has 1 amide bonds. The summed E-state index contributed by atoms with van der Waals surface area (Å²) in [6.07, 6.45) is 4.10. The summed E-state index contributed by atoms with van der Waals surface area (Å²) in [6, 6.07) is 6.17. The lowest BCUT2D eigenvalue weighted by Gasteiger charge is -2.13. The number of nitrogens with zero attached hydrogens (tertiary/aromatic N) is 1. The Labute approximate surface area is 106 Å². The second-order valence-corrected chi connectivity index (χ2v) is 4.56. The van der Waals surface area contributed by atoms with Gasteiger partial charge < -0.3 is 10.6 Å². The summed E-state index contributed by atoms with van der Waals surface area (Å²) in [6.45, 7) is 2.11. The van der Waals surface area contributed by atoms with Gasteiger partial charge in [-0.1, -0.05) is 12.1 Å². The number of hydrogen-bond acceptors (Lipinski definition) is 2. The lowest BCUT2D eigenvalue weighted by Crippen LogP contribution is -2.28. The molecule has 0 radical (unpaired) electrons. The second-order valence-electron chi connectivity index (χ2n) is 4.56. The number of halogens is 1. The van der Waals surface area contributed by atoms with Crippen LogP contribution in [-0.4, -0.2) is 30.4 Å². The maximum Gasteiger partial charge on any atom is 0.246 e. The first-order chi connectivity index (χ1) is 8.69. The zero-order chi connectivity index (χ0) is 13.0. The van der Waals surface area contributed by atoms with Gasteiger partial charge in [0.15, 0.2) is 0 Å². The average molecular weight is 248 g/mol. The highest BCUT2D eigenvalue weighted by molar-refractivity contribution is 5.91. The topological polar surface area (TPSA) is 46.3 Å². The van der Waals surface area contributed by atoms with E-state index < -0.39 is 0 Å². The van der Waals surface area contributed by atoms with Gasteiger partial charge in [-0.05, 0) is 42.7 Å². The number of likely N-dealkylation sites (tertiary alicyclic amines) is 1. The minimum atomic E-state index is -0.297. The summed E-state index contributed by atoms with van der Waals surface area (Å²) in [5, 5.41) is 0. The van der Waals surface area contributed by atoms with E-state index >= 15 is 0 Å². The van der Waals surface area contributed by atoms with Crippen LogP contribution in [-0.2, 0) is 4.79 Å². The number of carbonyl (C=O) groups is 1. The molecule has 1 aromatic carbocycles. The first-order valence-electron chi connectivity index (χ1n) is 6.11. The fraction of sp³-hybridized carbons (Fsp3) is 0.357. The van der Waals surface area contributed by atoms with Crippen molar-refractivity contribution in [3.05, 3.63) is 41.7 Å². The van der Waals surface area contributed by atoms with Gasteiger partial charge >= 0.3 is 0 Å². The van der Waals surface area contributed by atoms with Crippen LogP contribution in [0.2, 0.25) is 0 Å². The molecule has 0 aromatic heterocycles. The van der Waals surface area contributed by atoms with E-state index in [4.69, 9.17) is 5.73 Å². The normalized spacial score (nSPS) is 19.7. The van der Waals surface area contributed by atoms with Crippen molar-refractivity contribution >= 4 is 12.0 Å². The molecule has 0 spiro atoms. The molecule has 0 aliphatic carbocycles. The highest BCUT2D eigenvalue weighted by Gasteiger charge is 2.23. The Kier molecular flexibility index (Phi) is 4.10. The molecule has 96 valence electrons. The Morgan fingerprint density at radius 3 is 3.06 bits per heavy atom. The van der Waals surface area contributed by atoms with E-state index in [-0.39, 0.29) is 11.7 Å². The van der Waals surface area contributed by atoms with Crippen molar-refractivity contribution in [3.63, 3.8) is 0 Å². The number of hydrogen-bond donors (Lipinski definition) is 1. The van der Waals surface area contributed by atoms with E-state index in [1.165, 1.54) is 18.2 Å². The van der Waals surface area contributed by atoms with Gasteiger partial charge in [-0.3, -0.25) is 4.79 Å². The number of carbonyl (C=O) groups excluding carboxylic acids is 1. The molecule has 2 N–H and O–H groups in total. The van der Waals surface area contributed by atoms with E-state index in [1.807, 2.05) is 0 Å². The summed E-state index contributed by atoms with van der Waals surface area (Å²) in [5.41, 5.74) is 6.27. The molecule has 4 heteroatoms. The third-order valence-corrected chi connectivity index (χ3v) is 3.20. The van der Waals surface area contributed by atoms with Crippen molar-refractivity contribution in [2.75, 3.05) is 19.6 Å². The van der Waals surface area contributed by atoms with Gasteiger partial charge in [0.1, 0.15) is 5.82 Å². The molecular weight excluding hydrogens is 231 g/mol. The van der Waals surface area contributed by atoms with Crippen molar-refractivity contribution < 1.29 is 9.18 Å². The average Bonchev–Trinajstić information content (AvgIpc) is 2.85. The van der Waals surface area contributed by atoms with Crippen LogP contribution in [0.15, 0.2) is 30.3 Å². The number of benzene rings is 1. The number of rotatable bonds is 3. The molecular formula is C14H17FN2O. The predicted octanol–water partition coefficient (Wildman–Crippen LogP) is 1.65. The molecule has 1 heterocycles. The quantitative estimate of drug-likeness (QED) is 0.827. The Morgan fingerprint density at radius 1 is 1.56 bits per heavy atom. The van der Waals surface area contributed by atoms with Crippen LogP contribution in [0.4, 0.5) is 4.39 Å². The largest absolute Gasteiger partial charge is 0.339 e. The summed E-state index contributed by atoms with van der Waals surface area (Å²) in [7, 11) is 0. The van der Waals surface area contributed by atoms with Crippen molar-refractivity contribution in [3.8, 4) is 0 Å². The van der Waals surface area contributed by atoms with Crippen LogP contribution in [0.1, 0.15) is 12.0 Å². The third-order valence-electron chi connectivity index (χ3n) is 3.20. The Morgan fingerprint density at radius 2 is 2.39 bits per heavy atom. The number of nitrogens with two attached hydrogens (primary N) is 1. The summed E-state index contributed by atoms with van der Waals surface area (Å²) < 4.78 is 12.9. The van der Waals surface area contributed by atoms with Crippen LogP contribution in [0.5, 0.6) is 0 Å². The van der Waals surface area contributed by atoms with E-state index in [0.717, 1.165) is 19.5 Å². The van der Waals surface area contributed by atoms with E-state index in [2.05, 4.69) is 0 Å². The second kappa shape index (κ2) is 5.78. The van der Waals surface area contributed by atoms with Crippen molar-refractivity contribution in [1.82, 2.24) is 4.90 Å². The minimum absolute atomic E-state index is 0.0322. The first-order valence-corrected chi connectivity index (χ1v) is 6.11. The molecule has 3 nitrogen and oxygen atoms in total. The monoisotopic (exact) mass is 248 g/mol. The highest BCUT2D eigenvalue weighted by atomic mass is 19.1. The molecule has 1 aliphatic heterocycles. The molecule has 1 atom stereocenters. The van der Waals surface area contributed by atoms with Gasteiger partial charge in [0.25, 0.3) is 0 Å². The van der Waals surface area contributed by atoms with Gasteiger partial charge in [0.05, 0.1) is 0 Å². The summed E-state index contributed by atoms with van der Waals surface area (Å²) in [4.78, 5) is 13.7. The van der Waals surface area contributed by atoms with Gasteiger partial charge in [-0.25, -0.2) is 4.39 Å². The molecule has 0 saturated carbocycles. The van der Waals surface area contributed by atoms with Gasteiger partial charge in [-0.15, -0.1) is 0 Å². The van der Waals surface area contributed by atoms with Gasteiger partial charge in [0.2, 0.25) is 5.91 Å².